The third-order valence-electron chi connectivity index (χ3n) is 2.70. The zero-order valence-electron chi connectivity index (χ0n) is 10.3. The van der Waals surface area contributed by atoms with Crippen molar-refractivity contribution in [1.82, 2.24) is 4.98 Å². The highest BCUT2D eigenvalue weighted by Gasteiger charge is 2.07. The Kier molecular flexibility index (Phi) is 4.10. The Balaban J connectivity index is 2.28. The van der Waals surface area contributed by atoms with Crippen LogP contribution in [0.25, 0.3) is 11.1 Å². The number of benzene rings is 1. The zero-order chi connectivity index (χ0) is 13.7. The molecule has 0 spiro atoms. The lowest BCUT2D eigenvalue weighted by atomic mass is 10.1. The highest BCUT2D eigenvalue weighted by atomic mass is 16.4. The van der Waals surface area contributed by atoms with Crippen molar-refractivity contribution in [2.45, 2.75) is 6.54 Å². The van der Waals surface area contributed by atoms with Crippen LogP contribution in [0.15, 0.2) is 42.6 Å². The number of carbonyl (C=O) groups is 1. The molecule has 0 radical (unpaired) electrons. The third kappa shape index (κ3) is 3.29. The summed E-state index contributed by atoms with van der Waals surface area (Å²) in [5.74, 6) is -0.415. The largest absolute Gasteiger partial charge is 0.480 e. The number of hydrogen-bond acceptors (Lipinski definition) is 4. The quantitative estimate of drug-likeness (QED) is 0.758. The number of nitrogens with two attached hydrogens (primary N) is 1. The summed E-state index contributed by atoms with van der Waals surface area (Å²) >= 11 is 0. The number of pyridine rings is 1. The summed E-state index contributed by atoms with van der Waals surface area (Å²) in [6, 6.07) is 11.8. The monoisotopic (exact) mass is 257 g/mol. The van der Waals surface area contributed by atoms with Gasteiger partial charge in [0, 0.05) is 23.9 Å². The number of carboxylic acid groups (broad SMARTS) is 1. The van der Waals surface area contributed by atoms with E-state index >= 15 is 0 Å². The topological polar surface area (TPSA) is 88.2 Å². The molecule has 1 heterocycles. The van der Waals surface area contributed by atoms with E-state index in [0.29, 0.717) is 12.4 Å². The molecule has 2 aromatic rings. The third-order valence-corrected chi connectivity index (χ3v) is 2.70. The number of rotatable bonds is 5. The lowest BCUT2D eigenvalue weighted by molar-refractivity contribution is -0.134. The van der Waals surface area contributed by atoms with E-state index in [-0.39, 0.29) is 6.54 Å². The van der Waals surface area contributed by atoms with E-state index in [1.165, 1.54) is 0 Å². The Morgan fingerprint density at radius 3 is 2.63 bits per heavy atom. The minimum atomic E-state index is -0.933. The average molecular weight is 257 g/mol. The number of carboxylic acids is 1. The molecule has 2 rings (SSSR count). The number of anilines is 1. The Bertz CT molecular complexity index is 570. The van der Waals surface area contributed by atoms with E-state index in [9.17, 15) is 4.79 Å². The molecule has 4 N–H and O–H groups in total. The van der Waals surface area contributed by atoms with Crippen LogP contribution in [0, 0.1) is 0 Å². The Hall–Kier alpha value is -2.40. The summed E-state index contributed by atoms with van der Waals surface area (Å²) in [5.41, 5.74) is 8.48. The van der Waals surface area contributed by atoms with Gasteiger partial charge in [-0.05, 0) is 11.6 Å². The second-order valence-corrected chi connectivity index (χ2v) is 4.05. The maximum absolute atomic E-state index is 10.5. The molecule has 5 heteroatoms. The van der Waals surface area contributed by atoms with Gasteiger partial charge in [0.2, 0.25) is 0 Å². The van der Waals surface area contributed by atoms with E-state index < -0.39 is 5.97 Å². The van der Waals surface area contributed by atoms with Crippen molar-refractivity contribution in [1.29, 1.82) is 0 Å². The van der Waals surface area contributed by atoms with Gasteiger partial charge in [-0.2, -0.15) is 0 Å². The molecule has 0 saturated carbocycles. The number of hydrogen-bond donors (Lipinski definition) is 3. The molecule has 1 aromatic heterocycles. The summed E-state index contributed by atoms with van der Waals surface area (Å²) in [7, 11) is 0. The van der Waals surface area contributed by atoms with Gasteiger partial charge < -0.3 is 16.2 Å². The zero-order valence-corrected chi connectivity index (χ0v) is 10.3. The smallest absolute Gasteiger partial charge is 0.322 e. The molecule has 0 aliphatic rings. The number of aromatic nitrogens is 1. The van der Waals surface area contributed by atoms with Gasteiger partial charge in [-0.3, -0.25) is 4.79 Å². The predicted octanol–water partition coefficient (Wildman–Crippen LogP) is 1.70. The Morgan fingerprint density at radius 2 is 2.00 bits per heavy atom. The second kappa shape index (κ2) is 5.97. The molecular formula is C14H15N3O2. The van der Waals surface area contributed by atoms with Gasteiger partial charge >= 0.3 is 5.97 Å². The highest BCUT2D eigenvalue weighted by Crippen LogP contribution is 2.22. The first-order chi connectivity index (χ1) is 9.20. The molecule has 0 amide bonds. The van der Waals surface area contributed by atoms with Crippen LogP contribution in [0.3, 0.4) is 0 Å². The van der Waals surface area contributed by atoms with E-state index in [4.69, 9.17) is 10.8 Å². The summed E-state index contributed by atoms with van der Waals surface area (Å²) in [6.07, 6.45) is 1.71. The van der Waals surface area contributed by atoms with Crippen molar-refractivity contribution in [2.75, 3.05) is 11.9 Å². The van der Waals surface area contributed by atoms with Gasteiger partial charge in [-0.15, -0.1) is 0 Å². The molecule has 1 aromatic carbocycles. The van der Waals surface area contributed by atoms with Crippen LogP contribution in [0.1, 0.15) is 5.56 Å². The lowest BCUT2D eigenvalue weighted by Gasteiger charge is -2.10. The maximum Gasteiger partial charge on any atom is 0.322 e. The fourth-order valence-corrected chi connectivity index (χ4v) is 1.77. The van der Waals surface area contributed by atoms with Crippen LogP contribution < -0.4 is 11.1 Å². The van der Waals surface area contributed by atoms with Gasteiger partial charge in [-0.1, -0.05) is 30.3 Å². The number of aliphatic carboxylic acids is 1. The molecule has 19 heavy (non-hydrogen) atoms. The van der Waals surface area contributed by atoms with Gasteiger partial charge in [0.05, 0.1) is 0 Å². The Morgan fingerprint density at radius 1 is 1.26 bits per heavy atom. The van der Waals surface area contributed by atoms with Crippen LogP contribution >= 0.6 is 0 Å². The van der Waals surface area contributed by atoms with E-state index in [2.05, 4.69) is 10.3 Å². The summed E-state index contributed by atoms with van der Waals surface area (Å²) in [4.78, 5) is 14.8. The molecule has 0 saturated heterocycles. The van der Waals surface area contributed by atoms with E-state index in [0.717, 1.165) is 16.7 Å². The van der Waals surface area contributed by atoms with Crippen molar-refractivity contribution >= 4 is 11.8 Å². The van der Waals surface area contributed by atoms with E-state index in [1.807, 2.05) is 36.4 Å². The van der Waals surface area contributed by atoms with Crippen molar-refractivity contribution in [3.8, 4) is 11.1 Å². The van der Waals surface area contributed by atoms with Crippen LogP contribution in [-0.4, -0.2) is 22.6 Å². The molecule has 5 nitrogen and oxygen atoms in total. The first-order valence-corrected chi connectivity index (χ1v) is 5.91. The van der Waals surface area contributed by atoms with Crippen molar-refractivity contribution in [3.63, 3.8) is 0 Å². The van der Waals surface area contributed by atoms with Crippen LogP contribution in [0.2, 0.25) is 0 Å². The summed E-state index contributed by atoms with van der Waals surface area (Å²) in [5, 5.41) is 11.4. The maximum atomic E-state index is 10.5. The van der Waals surface area contributed by atoms with Crippen LogP contribution in [0.5, 0.6) is 0 Å². The molecule has 0 atom stereocenters. The van der Waals surface area contributed by atoms with Crippen molar-refractivity contribution in [3.05, 3.63) is 48.2 Å². The number of nitrogens with one attached hydrogen (secondary N) is 1. The summed E-state index contributed by atoms with van der Waals surface area (Å²) in [6.45, 7) is 0.125. The van der Waals surface area contributed by atoms with Gasteiger partial charge in [0.25, 0.3) is 0 Å². The van der Waals surface area contributed by atoms with Crippen molar-refractivity contribution in [2.24, 2.45) is 5.73 Å². The number of nitrogens with zero attached hydrogens (tertiary/aromatic N) is 1. The van der Waals surface area contributed by atoms with Crippen molar-refractivity contribution < 1.29 is 9.90 Å². The highest BCUT2D eigenvalue weighted by molar-refractivity contribution is 5.73. The predicted molar refractivity (Wildman–Crippen MR) is 73.7 cm³/mol. The normalized spacial score (nSPS) is 10.2. The lowest BCUT2D eigenvalue weighted by Crippen LogP contribution is -2.15. The minimum Gasteiger partial charge on any atom is -0.480 e. The molecule has 0 aliphatic heterocycles. The first-order valence-electron chi connectivity index (χ1n) is 5.91. The fraction of sp³-hybridized carbons (Fsp3) is 0.143. The average Bonchev–Trinajstić information content (AvgIpc) is 2.45. The fourth-order valence-electron chi connectivity index (χ4n) is 1.77. The standard InChI is InChI=1S/C14H15N3O2/c15-7-11-6-12(10-4-2-1-3-5-10)8-16-14(11)17-9-13(18)19/h1-6,8H,7,9,15H2,(H,16,17)(H,18,19). The molecule has 98 valence electrons. The molecule has 0 unspecified atom stereocenters. The second-order valence-electron chi connectivity index (χ2n) is 4.05. The molecular weight excluding hydrogens is 242 g/mol. The molecule has 0 bridgehead atoms. The van der Waals surface area contributed by atoms with Gasteiger partial charge in [0.15, 0.2) is 0 Å². The Labute approximate surface area is 111 Å². The van der Waals surface area contributed by atoms with Gasteiger partial charge in [-0.25, -0.2) is 4.98 Å². The molecule has 0 fully saturated rings. The van der Waals surface area contributed by atoms with Gasteiger partial charge in [0.1, 0.15) is 12.4 Å². The SMILES string of the molecule is NCc1cc(-c2ccccc2)cnc1NCC(=O)O. The summed E-state index contributed by atoms with van der Waals surface area (Å²) < 4.78 is 0. The first kappa shape index (κ1) is 13.0. The minimum absolute atomic E-state index is 0.176. The van der Waals surface area contributed by atoms with Crippen LogP contribution in [-0.2, 0) is 11.3 Å². The van der Waals surface area contributed by atoms with E-state index in [1.54, 1.807) is 6.20 Å². The molecule has 0 aliphatic carbocycles. The van der Waals surface area contributed by atoms with Crippen LogP contribution in [0.4, 0.5) is 5.82 Å².